The predicted molar refractivity (Wildman–Crippen MR) is 130 cm³/mol. The van der Waals surface area contributed by atoms with Gasteiger partial charge < -0.3 is 14.6 Å². The molecule has 1 fully saturated rings. The lowest BCUT2D eigenvalue weighted by Gasteiger charge is -2.31. The van der Waals surface area contributed by atoms with E-state index in [9.17, 15) is 17.6 Å². The number of benzene rings is 2. The number of aromatic nitrogens is 1. The van der Waals surface area contributed by atoms with Gasteiger partial charge in [0.1, 0.15) is 17.3 Å². The second-order valence-electron chi connectivity index (χ2n) is 8.24. The number of methoxy groups -OCH3 is 1. The van der Waals surface area contributed by atoms with Crippen molar-refractivity contribution in [1.82, 2.24) is 9.46 Å². The number of hydrogen-bond acceptors (Lipinski definition) is 6. The van der Waals surface area contributed by atoms with Crippen LogP contribution >= 0.6 is 0 Å². The first-order chi connectivity index (χ1) is 16.8. The van der Waals surface area contributed by atoms with Crippen LogP contribution in [0.25, 0.3) is 12.2 Å². The Morgan fingerprint density at radius 1 is 1.23 bits per heavy atom. The van der Waals surface area contributed by atoms with Gasteiger partial charge in [-0.25, -0.2) is 12.8 Å². The van der Waals surface area contributed by atoms with E-state index in [0.29, 0.717) is 24.3 Å². The molecule has 0 radical (unpaired) electrons. The Balaban J connectivity index is 1.53. The smallest absolute Gasteiger partial charge is 0.248 e. The van der Waals surface area contributed by atoms with Crippen molar-refractivity contribution in [2.45, 2.75) is 24.7 Å². The lowest BCUT2D eigenvalue weighted by Crippen LogP contribution is -2.43. The molecule has 1 atom stereocenters. The van der Waals surface area contributed by atoms with Crippen LogP contribution < -0.4 is 10.1 Å². The SMILES string of the molecule is COc1cccc(NC(=O)[C@H]2CCCN(S(=O)(=O)c3c(C)noc3/C=C/c3ccccc3F)C2)c1. The second kappa shape index (κ2) is 10.4. The average molecular weight is 500 g/mol. The van der Waals surface area contributed by atoms with Crippen molar-refractivity contribution in [2.24, 2.45) is 5.92 Å². The molecule has 10 heteroatoms. The van der Waals surface area contributed by atoms with Gasteiger partial charge in [0.05, 0.1) is 13.0 Å². The quantitative estimate of drug-likeness (QED) is 0.519. The van der Waals surface area contributed by atoms with E-state index in [4.69, 9.17) is 9.26 Å². The first-order valence-corrected chi connectivity index (χ1v) is 12.6. The molecule has 1 amide bonds. The number of nitrogens with one attached hydrogen (secondary N) is 1. The largest absolute Gasteiger partial charge is 0.497 e. The number of ether oxygens (including phenoxy) is 1. The molecule has 2 aromatic carbocycles. The summed E-state index contributed by atoms with van der Waals surface area (Å²) in [4.78, 5) is 12.8. The van der Waals surface area contributed by atoms with E-state index < -0.39 is 21.8 Å². The summed E-state index contributed by atoms with van der Waals surface area (Å²) < 4.78 is 52.8. The molecule has 1 N–H and O–H groups in total. The molecule has 0 saturated carbocycles. The number of piperidine rings is 1. The summed E-state index contributed by atoms with van der Waals surface area (Å²) in [7, 11) is -2.47. The topological polar surface area (TPSA) is 102 Å². The van der Waals surface area contributed by atoms with E-state index in [-0.39, 0.29) is 40.9 Å². The highest BCUT2D eigenvalue weighted by Gasteiger charge is 2.37. The maximum Gasteiger partial charge on any atom is 0.248 e. The van der Waals surface area contributed by atoms with Crippen LogP contribution in [0.1, 0.15) is 29.9 Å². The molecule has 1 aliphatic rings. The van der Waals surface area contributed by atoms with Gasteiger partial charge in [-0.15, -0.1) is 0 Å². The third-order valence-electron chi connectivity index (χ3n) is 5.84. The van der Waals surface area contributed by atoms with Crippen LogP contribution in [-0.4, -0.2) is 44.0 Å². The van der Waals surface area contributed by atoms with Gasteiger partial charge in [0.2, 0.25) is 15.9 Å². The van der Waals surface area contributed by atoms with Gasteiger partial charge in [0, 0.05) is 30.4 Å². The fourth-order valence-electron chi connectivity index (χ4n) is 4.02. The predicted octanol–water partition coefficient (Wildman–Crippen LogP) is 4.34. The van der Waals surface area contributed by atoms with E-state index >= 15 is 0 Å². The third-order valence-corrected chi connectivity index (χ3v) is 7.87. The first kappa shape index (κ1) is 24.6. The second-order valence-corrected chi connectivity index (χ2v) is 10.1. The minimum absolute atomic E-state index is 0.00806. The Hall–Kier alpha value is -3.50. The fourth-order valence-corrected chi connectivity index (χ4v) is 5.80. The summed E-state index contributed by atoms with van der Waals surface area (Å²) in [6, 6.07) is 13.1. The van der Waals surface area contributed by atoms with E-state index in [2.05, 4.69) is 10.5 Å². The monoisotopic (exact) mass is 499 g/mol. The Labute approximate surface area is 203 Å². The molecule has 0 unspecified atom stereocenters. The van der Waals surface area contributed by atoms with Crippen LogP contribution in [0.3, 0.4) is 0 Å². The molecule has 1 saturated heterocycles. The molecule has 0 bridgehead atoms. The van der Waals surface area contributed by atoms with Gasteiger partial charge >= 0.3 is 0 Å². The Kier molecular flexibility index (Phi) is 7.32. The molecule has 4 rings (SSSR count). The highest BCUT2D eigenvalue weighted by molar-refractivity contribution is 7.89. The van der Waals surface area contributed by atoms with Gasteiger partial charge in [0.15, 0.2) is 10.7 Å². The van der Waals surface area contributed by atoms with Crippen LogP contribution in [0, 0.1) is 18.7 Å². The summed E-state index contributed by atoms with van der Waals surface area (Å²) in [6.45, 7) is 1.83. The van der Waals surface area contributed by atoms with Crippen molar-refractivity contribution in [2.75, 3.05) is 25.5 Å². The first-order valence-electron chi connectivity index (χ1n) is 11.1. The lowest BCUT2D eigenvalue weighted by atomic mass is 9.98. The molecule has 0 spiro atoms. The van der Waals surface area contributed by atoms with Gasteiger partial charge in [-0.2, -0.15) is 4.31 Å². The van der Waals surface area contributed by atoms with E-state index in [1.807, 2.05) is 0 Å². The van der Waals surface area contributed by atoms with Gasteiger partial charge in [0.25, 0.3) is 0 Å². The van der Waals surface area contributed by atoms with Crippen LogP contribution in [-0.2, 0) is 14.8 Å². The fraction of sp³-hybridized carbons (Fsp3) is 0.280. The lowest BCUT2D eigenvalue weighted by molar-refractivity contribution is -0.120. The zero-order chi connectivity index (χ0) is 25.0. The number of carbonyl (C=O) groups excluding carboxylic acids is 1. The van der Waals surface area contributed by atoms with Crippen molar-refractivity contribution < 1.29 is 26.9 Å². The molecule has 1 aromatic heterocycles. The van der Waals surface area contributed by atoms with Gasteiger partial charge in [-0.05, 0) is 50.1 Å². The van der Waals surface area contributed by atoms with Crippen molar-refractivity contribution in [3.05, 3.63) is 71.4 Å². The highest BCUT2D eigenvalue weighted by Crippen LogP contribution is 2.30. The van der Waals surface area contributed by atoms with E-state index in [0.717, 1.165) is 0 Å². The Morgan fingerprint density at radius 3 is 2.80 bits per heavy atom. The van der Waals surface area contributed by atoms with Crippen molar-refractivity contribution in [3.63, 3.8) is 0 Å². The molecule has 8 nitrogen and oxygen atoms in total. The third kappa shape index (κ3) is 5.44. The maximum atomic E-state index is 14.0. The summed E-state index contributed by atoms with van der Waals surface area (Å²) in [6.07, 6.45) is 3.92. The zero-order valence-electron chi connectivity index (χ0n) is 19.4. The van der Waals surface area contributed by atoms with Crippen LogP contribution in [0.4, 0.5) is 10.1 Å². The standard InChI is InChI=1S/C25H26FN3O5S/c1-17-24(23(34-28-17)13-12-18-7-3-4-11-22(18)26)35(31,32)29-14-6-8-19(16-29)25(30)27-20-9-5-10-21(15-20)33-2/h3-5,7,9-13,15,19H,6,8,14,16H2,1-2H3,(H,27,30)/b13-12+/t19-/m0/s1. The Morgan fingerprint density at radius 2 is 2.03 bits per heavy atom. The molecular weight excluding hydrogens is 473 g/mol. The molecule has 1 aliphatic heterocycles. The maximum absolute atomic E-state index is 14.0. The van der Waals surface area contributed by atoms with Crippen LogP contribution in [0.15, 0.2) is 57.9 Å². The number of hydrogen-bond donors (Lipinski definition) is 1. The molecule has 184 valence electrons. The van der Waals surface area contributed by atoms with Crippen molar-refractivity contribution >= 4 is 33.8 Å². The minimum atomic E-state index is -4.01. The van der Waals surface area contributed by atoms with E-state index in [1.165, 1.54) is 36.6 Å². The molecule has 0 aliphatic carbocycles. The van der Waals surface area contributed by atoms with Crippen molar-refractivity contribution in [1.29, 1.82) is 0 Å². The van der Waals surface area contributed by atoms with Crippen LogP contribution in [0.5, 0.6) is 5.75 Å². The summed E-state index contributed by atoms with van der Waals surface area (Å²) in [5.41, 5.74) is 1.06. The van der Waals surface area contributed by atoms with E-state index in [1.54, 1.807) is 42.5 Å². The van der Waals surface area contributed by atoms with Crippen LogP contribution in [0.2, 0.25) is 0 Å². The van der Waals surface area contributed by atoms with Crippen molar-refractivity contribution in [3.8, 4) is 5.75 Å². The molecule has 35 heavy (non-hydrogen) atoms. The average Bonchev–Trinajstić information content (AvgIpc) is 3.24. The number of anilines is 1. The highest BCUT2D eigenvalue weighted by atomic mass is 32.2. The minimum Gasteiger partial charge on any atom is -0.497 e. The summed E-state index contributed by atoms with van der Waals surface area (Å²) in [5.74, 6) is -0.615. The number of nitrogens with zero attached hydrogens (tertiary/aromatic N) is 2. The summed E-state index contributed by atoms with van der Waals surface area (Å²) in [5, 5.41) is 6.66. The number of aryl methyl sites for hydroxylation is 1. The molecule has 2 heterocycles. The normalized spacial score (nSPS) is 16.9. The number of halogens is 1. The number of sulfonamides is 1. The zero-order valence-corrected chi connectivity index (χ0v) is 20.2. The Bertz CT molecular complexity index is 1350. The molecule has 3 aromatic rings. The number of carbonyl (C=O) groups is 1. The van der Waals surface area contributed by atoms with Gasteiger partial charge in [-0.1, -0.05) is 29.4 Å². The molecular formula is C25H26FN3O5S. The van der Waals surface area contributed by atoms with Gasteiger partial charge in [-0.3, -0.25) is 4.79 Å². The summed E-state index contributed by atoms with van der Waals surface area (Å²) >= 11 is 0. The number of amides is 1. The number of rotatable bonds is 7.